The van der Waals surface area contributed by atoms with Crippen LogP contribution in [-0.4, -0.2) is 27.0 Å². The summed E-state index contributed by atoms with van der Waals surface area (Å²) in [5.74, 6) is 0.840. The number of nitrogens with one attached hydrogen (secondary N) is 1. The summed E-state index contributed by atoms with van der Waals surface area (Å²) < 4.78 is 1.52. The number of hydrogen-bond acceptors (Lipinski definition) is 6. The van der Waals surface area contributed by atoms with Crippen molar-refractivity contribution in [1.82, 2.24) is 19.9 Å². The third kappa shape index (κ3) is 4.46. The molecular formula is C26H27N5O2S. The van der Waals surface area contributed by atoms with Gasteiger partial charge in [0.15, 0.2) is 0 Å². The van der Waals surface area contributed by atoms with Crippen LogP contribution >= 0.6 is 11.3 Å². The molecule has 174 valence electrons. The summed E-state index contributed by atoms with van der Waals surface area (Å²) >= 11 is 1.53. The second-order valence-corrected chi connectivity index (χ2v) is 9.90. The summed E-state index contributed by atoms with van der Waals surface area (Å²) in [4.78, 5) is 38.3. The summed E-state index contributed by atoms with van der Waals surface area (Å²) in [5, 5.41) is 3.59. The average Bonchev–Trinajstić information content (AvgIpc) is 3.16. The van der Waals surface area contributed by atoms with Crippen LogP contribution in [0.3, 0.4) is 0 Å². The standard InChI is InChI=1S/C26H27N5O2S/c1-17-18(2)34-25-24(17)26(33)31(16-29-25)12-10-23(32)28-14-19-7-8-22(27-13-19)30-11-9-20-5-3-4-6-21(20)15-30/h3-8,13,16H,9-12,14-15H2,1-2H3,(H,28,32). The van der Waals surface area contributed by atoms with E-state index in [9.17, 15) is 9.59 Å². The fourth-order valence-corrected chi connectivity index (χ4v) is 5.33. The Morgan fingerprint density at radius 3 is 2.74 bits per heavy atom. The molecule has 3 aromatic heterocycles. The van der Waals surface area contributed by atoms with Crippen LogP contribution in [0.2, 0.25) is 0 Å². The summed E-state index contributed by atoms with van der Waals surface area (Å²) in [6.07, 6.45) is 4.59. The van der Waals surface area contributed by atoms with E-state index in [-0.39, 0.29) is 17.9 Å². The highest BCUT2D eigenvalue weighted by Crippen LogP contribution is 2.25. The van der Waals surface area contributed by atoms with Crippen LogP contribution in [0.25, 0.3) is 10.2 Å². The van der Waals surface area contributed by atoms with Crippen LogP contribution in [0, 0.1) is 13.8 Å². The van der Waals surface area contributed by atoms with Crippen LogP contribution in [-0.2, 0) is 30.8 Å². The Kier molecular flexibility index (Phi) is 6.15. The first-order valence-electron chi connectivity index (χ1n) is 11.5. The van der Waals surface area contributed by atoms with Crippen LogP contribution < -0.4 is 15.8 Å². The second-order valence-electron chi connectivity index (χ2n) is 8.70. The van der Waals surface area contributed by atoms with E-state index in [2.05, 4.69) is 44.5 Å². The molecule has 0 unspecified atom stereocenters. The van der Waals surface area contributed by atoms with Crippen molar-refractivity contribution in [2.75, 3.05) is 11.4 Å². The zero-order valence-corrected chi connectivity index (χ0v) is 20.2. The number of anilines is 1. The van der Waals surface area contributed by atoms with Gasteiger partial charge in [0.05, 0.1) is 11.7 Å². The van der Waals surface area contributed by atoms with Crippen LogP contribution in [0.5, 0.6) is 0 Å². The molecule has 0 saturated carbocycles. The summed E-state index contributed by atoms with van der Waals surface area (Å²) in [6, 6.07) is 12.6. The number of carbonyl (C=O) groups excluding carboxylic acids is 1. The van der Waals surface area contributed by atoms with E-state index in [0.29, 0.717) is 18.5 Å². The van der Waals surface area contributed by atoms with Crippen LogP contribution in [0.1, 0.15) is 33.6 Å². The number of amides is 1. The lowest BCUT2D eigenvalue weighted by Crippen LogP contribution is -2.31. The molecule has 1 aliphatic heterocycles. The SMILES string of the molecule is Cc1sc2ncn(CCC(=O)NCc3ccc(N4CCc5ccccc5C4)nc3)c(=O)c2c1C. The van der Waals surface area contributed by atoms with Crippen molar-refractivity contribution >= 4 is 33.3 Å². The summed E-state index contributed by atoms with van der Waals surface area (Å²) in [5.41, 5.74) is 4.60. The minimum Gasteiger partial charge on any atom is -0.352 e. The van der Waals surface area contributed by atoms with Gasteiger partial charge in [-0.05, 0) is 48.6 Å². The predicted molar refractivity (Wildman–Crippen MR) is 135 cm³/mol. The smallest absolute Gasteiger partial charge is 0.262 e. The quantitative estimate of drug-likeness (QED) is 0.462. The Balaban J connectivity index is 1.15. The third-order valence-corrected chi connectivity index (χ3v) is 7.60. The minimum atomic E-state index is -0.109. The van der Waals surface area contributed by atoms with E-state index in [4.69, 9.17) is 0 Å². The number of pyridine rings is 1. The lowest BCUT2D eigenvalue weighted by atomic mass is 10.00. The van der Waals surface area contributed by atoms with Gasteiger partial charge in [-0.2, -0.15) is 0 Å². The number of hydrogen-bond donors (Lipinski definition) is 1. The first-order chi connectivity index (χ1) is 16.5. The predicted octanol–water partition coefficient (Wildman–Crippen LogP) is 3.74. The molecule has 0 radical (unpaired) electrons. The molecular weight excluding hydrogens is 446 g/mol. The zero-order chi connectivity index (χ0) is 23.7. The van der Waals surface area contributed by atoms with Gasteiger partial charge in [-0.3, -0.25) is 14.2 Å². The van der Waals surface area contributed by atoms with E-state index in [1.165, 1.54) is 33.4 Å². The molecule has 0 bridgehead atoms. The van der Waals surface area contributed by atoms with Crippen molar-refractivity contribution in [1.29, 1.82) is 0 Å². The van der Waals surface area contributed by atoms with Crippen molar-refractivity contribution in [3.63, 3.8) is 0 Å². The summed E-state index contributed by atoms with van der Waals surface area (Å²) in [7, 11) is 0. The number of benzene rings is 1. The van der Waals surface area contributed by atoms with E-state index in [0.717, 1.165) is 46.2 Å². The monoisotopic (exact) mass is 473 g/mol. The molecule has 4 heterocycles. The molecule has 1 amide bonds. The largest absolute Gasteiger partial charge is 0.352 e. The molecule has 7 nitrogen and oxygen atoms in total. The van der Waals surface area contributed by atoms with Gasteiger partial charge >= 0.3 is 0 Å². The molecule has 34 heavy (non-hydrogen) atoms. The lowest BCUT2D eigenvalue weighted by Gasteiger charge is -2.29. The van der Waals surface area contributed by atoms with Crippen LogP contribution in [0.15, 0.2) is 53.7 Å². The van der Waals surface area contributed by atoms with Gasteiger partial charge in [-0.15, -0.1) is 11.3 Å². The molecule has 0 saturated heterocycles. The summed E-state index contributed by atoms with van der Waals surface area (Å²) in [6.45, 7) is 6.46. The number of thiophene rings is 1. The van der Waals surface area contributed by atoms with Gasteiger partial charge < -0.3 is 10.2 Å². The first kappa shape index (κ1) is 22.3. The fraction of sp³-hybridized carbons (Fsp3) is 0.308. The number of aromatic nitrogens is 3. The Bertz CT molecular complexity index is 1410. The van der Waals surface area contributed by atoms with Crippen molar-refractivity contribution in [2.45, 2.75) is 46.3 Å². The lowest BCUT2D eigenvalue weighted by molar-refractivity contribution is -0.121. The van der Waals surface area contributed by atoms with E-state index in [1.807, 2.05) is 32.2 Å². The van der Waals surface area contributed by atoms with Gasteiger partial charge in [-0.1, -0.05) is 30.3 Å². The average molecular weight is 474 g/mol. The Labute approximate surface area is 202 Å². The topological polar surface area (TPSA) is 80.1 Å². The van der Waals surface area contributed by atoms with Crippen molar-refractivity contribution in [3.05, 3.63) is 86.4 Å². The van der Waals surface area contributed by atoms with Crippen LogP contribution in [0.4, 0.5) is 5.82 Å². The van der Waals surface area contributed by atoms with Crippen molar-refractivity contribution in [3.8, 4) is 0 Å². The fourth-order valence-electron chi connectivity index (χ4n) is 4.34. The van der Waals surface area contributed by atoms with Gasteiger partial charge in [0.1, 0.15) is 10.6 Å². The minimum absolute atomic E-state index is 0.0835. The second kappa shape index (κ2) is 9.38. The maximum absolute atomic E-state index is 12.8. The zero-order valence-electron chi connectivity index (χ0n) is 19.4. The molecule has 8 heteroatoms. The molecule has 1 aromatic carbocycles. The molecule has 1 N–H and O–H groups in total. The van der Waals surface area contributed by atoms with Crippen molar-refractivity contribution in [2.24, 2.45) is 0 Å². The van der Waals surface area contributed by atoms with Gasteiger partial charge in [0.25, 0.3) is 5.56 Å². The molecule has 0 atom stereocenters. The highest BCUT2D eigenvalue weighted by Gasteiger charge is 2.17. The van der Waals surface area contributed by atoms with Crippen molar-refractivity contribution < 1.29 is 4.79 Å². The van der Waals surface area contributed by atoms with Gasteiger partial charge in [-0.25, -0.2) is 9.97 Å². The number of rotatable bonds is 6. The Morgan fingerprint density at radius 1 is 1.12 bits per heavy atom. The molecule has 0 fully saturated rings. The number of carbonyl (C=O) groups is 1. The van der Waals surface area contributed by atoms with Gasteiger partial charge in [0, 0.05) is 43.7 Å². The van der Waals surface area contributed by atoms with E-state index >= 15 is 0 Å². The van der Waals surface area contributed by atoms with E-state index < -0.39 is 0 Å². The van der Waals surface area contributed by atoms with E-state index in [1.54, 1.807) is 0 Å². The molecule has 1 aliphatic rings. The normalized spacial score (nSPS) is 13.2. The molecule has 0 aliphatic carbocycles. The molecule has 4 aromatic rings. The highest BCUT2D eigenvalue weighted by molar-refractivity contribution is 7.18. The Morgan fingerprint density at radius 2 is 1.94 bits per heavy atom. The maximum Gasteiger partial charge on any atom is 0.262 e. The molecule has 0 spiro atoms. The first-order valence-corrected chi connectivity index (χ1v) is 12.3. The Hall–Kier alpha value is -3.52. The number of nitrogens with zero attached hydrogens (tertiary/aromatic N) is 4. The highest BCUT2D eigenvalue weighted by atomic mass is 32.1. The molecule has 5 rings (SSSR count). The maximum atomic E-state index is 12.8. The number of fused-ring (bicyclic) bond motifs is 2. The van der Waals surface area contributed by atoms with Gasteiger partial charge in [0.2, 0.25) is 5.91 Å². The third-order valence-electron chi connectivity index (χ3n) is 6.49. The number of aryl methyl sites for hydroxylation is 3.